The van der Waals surface area contributed by atoms with E-state index in [9.17, 15) is 19.8 Å². The lowest BCUT2D eigenvalue weighted by molar-refractivity contribution is -0.190. The van der Waals surface area contributed by atoms with Crippen molar-refractivity contribution in [1.82, 2.24) is 19.7 Å². The van der Waals surface area contributed by atoms with Crippen LogP contribution in [0.25, 0.3) is 0 Å². The number of aliphatic hydroxyl groups excluding tert-OH is 2. The molecule has 7 rings (SSSR count). The van der Waals surface area contributed by atoms with Gasteiger partial charge in [0.2, 0.25) is 5.79 Å². The van der Waals surface area contributed by atoms with E-state index in [1.165, 1.54) is 11.2 Å². The Morgan fingerprint density at radius 2 is 1.58 bits per heavy atom. The monoisotopic (exact) mass is 765 g/mol. The average molecular weight is 767 g/mol. The van der Waals surface area contributed by atoms with Crippen molar-refractivity contribution >= 4 is 52.2 Å². The van der Waals surface area contributed by atoms with Crippen LogP contribution in [0, 0.1) is 0 Å². The number of amides is 3. The van der Waals surface area contributed by atoms with E-state index in [4.69, 9.17) is 37.4 Å². The number of imide groups is 1. The van der Waals surface area contributed by atoms with E-state index in [0.29, 0.717) is 33.7 Å². The average Bonchev–Trinajstić information content (AvgIpc) is 3.87. The Labute approximate surface area is 317 Å². The number of anilines is 3. The number of aromatic nitrogens is 3. The number of hydrogen-bond donors (Lipinski definition) is 2. The molecule has 4 aromatic rings. The Morgan fingerprint density at radius 1 is 0.943 bits per heavy atom. The zero-order chi connectivity index (χ0) is 37.3. The third kappa shape index (κ3) is 7.52. The summed E-state index contributed by atoms with van der Waals surface area (Å²) < 4.78 is 20.5. The van der Waals surface area contributed by atoms with Crippen LogP contribution in [-0.2, 0) is 26.6 Å². The minimum Gasteiger partial charge on any atom is -0.491 e. The summed E-state index contributed by atoms with van der Waals surface area (Å²) >= 11 is 12.7. The Bertz CT molecular complexity index is 1910. The van der Waals surface area contributed by atoms with Gasteiger partial charge in [-0.15, -0.1) is 0 Å². The molecule has 0 spiro atoms. The molecule has 4 heterocycles. The quantitative estimate of drug-likeness (QED) is 0.201. The maximum Gasteiger partial charge on any atom is 0.332 e. The topological polar surface area (TPSA) is 146 Å². The Kier molecular flexibility index (Phi) is 10.5. The van der Waals surface area contributed by atoms with Crippen LogP contribution in [0.2, 0.25) is 10.0 Å². The molecule has 0 radical (unpaired) electrons. The van der Waals surface area contributed by atoms with Crippen molar-refractivity contribution in [3.63, 3.8) is 0 Å². The summed E-state index contributed by atoms with van der Waals surface area (Å²) in [6.07, 6.45) is 1.54. The molecule has 53 heavy (non-hydrogen) atoms. The van der Waals surface area contributed by atoms with Crippen molar-refractivity contribution < 1.29 is 34.0 Å². The fourth-order valence-electron chi connectivity index (χ4n) is 6.90. The number of aliphatic hydroxyl groups is 2. The molecule has 280 valence electrons. The molecule has 2 N–H and O–H groups in total. The molecular weight excluding hydrogens is 725 g/mol. The number of benzene rings is 3. The van der Waals surface area contributed by atoms with Crippen LogP contribution in [-0.4, -0.2) is 112 Å². The van der Waals surface area contributed by atoms with Crippen molar-refractivity contribution in [2.45, 2.75) is 43.9 Å². The first kappa shape index (κ1) is 36.9. The molecule has 0 aliphatic carbocycles. The number of piperazine rings is 1. The lowest BCUT2D eigenvalue weighted by atomic mass is 10.0. The Balaban J connectivity index is 0.920. The molecule has 3 amide bonds. The van der Waals surface area contributed by atoms with Gasteiger partial charge in [-0.05, 0) is 74.5 Å². The molecule has 1 unspecified atom stereocenters. The fourth-order valence-corrected chi connectivity index (χ4v) is 7.45. The highest BCUT2D eigenvalue weighted by molar-refractivity contribution is 6.35. The number of urea groups is 1. The standard InChI is InChI=1S/C37H41Cl2N7O7/c1-36(2)34(49)46(35(50)45(36)18-29(48)19-47)28-6-4-26(5-7-28)42-13-15-43(16-14-42)27-8-10-30(11-9-27)51-20-31-21-52-37(53-31,22-44-24-40-23-41-44)32-12-3-25(38)17-33(32)39/h3-12,17,23-24,29,31,47-48H,13-16,18-22H2,1-2H3/t29?,31-,37-/m1/s1. The van der Waals surface area contributed by atoms with Gasteiger partial charge in [0.1, 0.15) is 43.2 Å². The molecule has 3 aromatic carbocycles. The third-order valence-electron chi connectivity index (χ3n) is 9.86. The van der Waals surface area contributed by atoms with Gasteiger partial charge in [0.15, 0.2) is 0 Å². The van der Waals surface area contributed by atoms with Crippen LogP contribution >= 0.6 is 23.2 Å². The highest BCUT2D eigenvalue weighted by Gasteiger charge is 2.52. The van der Waals surface area contributed by atoms with Gasteiger partial charge in [-0.1, -0.05) is 29.3 Å². The summed E-state index contributed by atoms with van der Waals surface area (Å²) in [5, 5.41) is 24.4. The number of nitrogens with zero attached hydrogens (tertiary/aromatic N) is 7. The molecule has 3 aliphatic rings. The zero-order valence-electron chi connectivity index (χ0n) is 29.3. The molecule has 3 saturated heterocycles. The molecular formula is C37H41Cl2N7O7. The van der Waals surface area contributed by atoms with E-state index < -0.39 is 30.1 Å². The molecule has 14 nitrogen and oxygen atoms in total. The Morgan fingerprint density at radius 3 is 2.19 bits per heavy atom. The predicted molar refractivity (Wildman–Crippen MR) is 199 cm³/mol. The molecule has 16 heteroatoms. The highest BCUT2D eigenvalue weighted by atomic mass is 35.5. The van der Waals surface area contributed by atoms with Crippen LogP contribution in [0.3, 0.4) is 0 Å². The van der Waals surface area contributed by atoms with Crippen molar-refractivity contribution in [3.8, 4) is 5.75 Å². The summed E-state index contributed by atoms with van der Waals surface area (Å²) in [4.78, 5) is 37.5. The number of β-amino-alcohol motifs (C(OH)–C–C–N with tert-alkyl or cyclic N) is 1. The second kappa shape index (κ2) is 15.1. The van der Waals surface area contributed by atoms with Crippen molar-refractivity contribution in [2.24, 2.45) is 0 Å². The van der Waals surface area contributed by atoms with E-state index in [0.717, 1.165) is 42.5 Å². The van der Waals surface area contributed by atoms with Gasteiger partial charge in [-0.3, -0.25) is 4.79 Å². The van der Waals surface area contributed by atoms with Gasteiger partial charge in [0, 0.05) is 48.1 Å². The third-order valence-corrected chi connectivity index (χ3v) is 10.4. The lowest BCUT2D eigenvalue weighted by Crippen LogP contribution is -2.48. The normalized spacial score (nSPS) is 22.2. The Hall–Kier alpha value is -4.44. The molecule has 3 atom stereocenters. The molecule has 3 aliphatic heterocycles. The van der Waals surface area contributed by atoms with Gasteiger partial charge in [0.25, 0.3) is 5.91 Å². The number of hydrogen-bond acceptors (Lipinski definition) is 11. The summed E-state index contributed by atoms with van der Waals surface area (Å²) in [7, 11) is 0. The number of halogens is 2. The summed E-state index contributed by atoms with van der Waals surface area (Å²) in [5.41, 5.74) is 2.03. The van der Waals surface area contributed by atoms with Crippen LogP contribution in [0.5, 0.6) is 5.75 Å². The second-order valence-corrected chi connectivity index (χ2v) is 14.6. The first-order valence-electron chi connectivity index (χ1n) is 17.3. The first-order valence-corrected chi connectivity index (χ1v) is 18.1. The van der Waals surface area contributed by atoms with E-state index in [1.807, 2.05) is 36.4 Å². The number of ether oxygens (including phenoxy) is 3. The van der Waals surface area contributed by atoms with Gasteiger partial charge in [-0.25, -0.2) is 19.4 Å². The molecule has 0 saturated carbocycles. The predicted octanol–water partition coefficient (Wildman–Crippen LogP) is 4.16. The number of carbonyl (C=O) groups excluding carboxylic acids is 2. The van der Waals surface area contributed by atoms with Crippen LogP contribution < -0.4 is 19.4 Å². The molecule has 3 fully saturated rings. The van der Waals surface area contributed by atoms with Gasteiger partial charge in [0.05, 0.1) is 36.6 Å². The summed E-state index contributed by atoms with van der Waals surface area (Å²) in [6, 6.07) is 20.0. The lowest BCUT2D eigenvalue weighted by Gasteiger charge is -2.37. The van der Waals surface area contributed by atoms with Crippen molar-refractivity contribution in [1.29, 1.82) is 0 Å². The zero-order valence-corrected chi connectivity index (χ0v) is 30.9. The van der Waals surface area contributed by atoms with Crippen LogP contribution in [0.15, 0.2) is 79.4 Å². The largest absolute Gasteiger partial charge is 0.491 e. The van der Waals surface area contributed by atoms with Crippen LogP contribution in [0.4, 0.5) is 21.9 Å². The van der Waals surface area contributed by atoms with Gasteiger partial charge < -0.3 is 39.1 Å². The van der Waals surface area contributed by atoms with Gasteiger partial charge in [-0.2, -0.15) is 5.10 Å². The van der Waals surface area contributed by atoms with E-state index in [-0.39, 0.29) is 31.7 Å². The number of carbonyl (C=O) groups is 2. The molecule has 1 aromatic heterocycles. The minimum absolute atomic E-state index is 0.137. The maximum absolute atomic E-state index is 13.2. The highest BCUT2D eigenvalue weighted by Crippen LogP contribution is 2.41. The first-order chi connectivity index (χ1) is 25.5. The van der Waals surface area contributed by atoms with Crippen LogP contribution in [0.1, 0.15) is 19.4 Å². The maximum atomic E-state index is 13.2. The van der Waals surface area contributed by atoms with Gasteiger partial charge >= 0.3 is 6.03 Å². The number of rotatable bonds is 12. The summed E-state index contributed by atoms with van der Waals surface area (Å²) in [6.45, 7) is 6.62. The van der Waals surface area contributed by atoms with Crippen molar-refractivity contribution in [2.75, 3.05) is 67.2 Å². The summed E-state index contributed by atoms with van der Waals surface area (Å²) in [5.74, 6) is -0.859. The fraction of sp³-hybridized carbons (Fsp3) is 0.405. The minimum atomic E-state index is -1.19. The second-order valence-electron chi connectivity index (χ2n) is 13.7. The smallest absolute Gasteiger partial charge is 0.332 e. The van der Waals surface area contributed by atoms with Crippen molar-refractivity contribution in [3.05, 3.63) is 95.0 Å². The molecule has 0 bridgehead atoms. The van der Waals surface area contributed by atoms with E-state index >= 15 is 0 Å². The van der Waals surface area contributed by atoms with E-state index in [2.05, 4.69) is 19.9 Å². The van der Waals surface area contributed by atoms with E-state index in [1.54, 1.807) is 55.2 Å². The SMILES string of the molecule is CC1(C)C(=O)N(c2ccc(N3CCN(c4ccc(OC[C@@H]5CO[C@@](Cn6cncn6)(c6ccc(Cl)cc6Cl)O5)cc4)CC3)cc2)C(=O)N1CC(O)CO.